The van der Waals surface area contributed by atoms with Crippen LogP contribution in [0.1, 0.15) is 34.1 Å². The highest BCUT2D eigenvalue weighted by atomic mass is 16.5. The van der Waals surface area contributed by atoms with Gasteiger partial charge in [0.2, 0.25) is 0 Å². The molecule has 0 radical (unpaired) electrons. The lowest BCUT2D eigenvalue weighted by Crippen LogP contribution is -2.07. The number of hydrogen-bond acceptors (Lipinski definition) is 4. The summed E-state index contributed by atoms with van der Waals surface area (Å²) in [4.78, 5) is 11.7. The third kappa shape index (κ3) is 2.99. The normalized spacial score (nSPS) is 9.89. The summed E-state index contributed by atoms with van der Waals surface area (Å²) in [7, 11) is 0. The molecule has 0 aliphatic rings. The molecule has 0 saturated carbocycles. The SMILES string of the molecule is CCOC(=O)c1cn[nH]c1Cc1cccc(C#N)c1. The van der Waals surface area contributed by atoms with E-state index in [1.165, 1.54) is 6.20 Å². The molecule has 1 heterocycles. The molecule has 1 aromatic carbocycles. The van der Waals surface area contributed by atoms with Gasteiger partial charge in [-0.1, -0.05) is 12.1 Å². The molecule has 0 amide bonds. The van der Waals surface area contributed by atoms with E-state index in [0.29, 0.717) is 29.8 Å². The predicted octanol–water partition coefficient (Wildman–Crippen LogP) is 2.05. The Labute approximate surface area is 110 Å². The molecule has 0 atom stereocenters. The number of aromatic amines is 1. The monoisotopic (exact) mass is 255 g/mol. The molecule has 0 aliphatic carbocycles. The molecule has 0 bridgehead atoms. The number of H-pyrrole nitrogens is 1. The molecule has 2 rings (SSSR count). The average molecular weight is 255 g/mol. The summed E-state index contributed by atoms with van der Waals surface area (Å²) >= 11 is 0. The van der Waals surface area contributed by atoms with E-state index in [1.54, 1.807) is 19.1 Å². The van der Waals surface area contributed by atoms with Crippen molar-refractivity contribution in [3.05, 3.63) is 52.8 Å². The minimum absolute atomic E-state index is 0.327. The van der Waals surface area contributed by atoms with Crippen LogP contribution < -0.4 is 0 Å². The summed E-state index contributed by atoms with van der Waals surface area (Å²) in [5.41, 5.74) is 2.65. The second kappa shape index (κ2) is 5.83. The van der Waals surface area contributed by atoms with Crippen LogP contribution in [0.4, 0.5) is 0 Å². The van der Waals surface area contributed by atoms with Crippen LogP contribution in [0.15, 0.2) is 30.5 Å². The minimum Gasteiger partial charge on any atom is -0.462 e. The number of nitrogens with zero attached hydrogens (tertiary/aromatic N) is 2. The van der Waals surface area contributed by atoms with Crippen molar-refractivity contribution < 1.29 is 9.53 Å². The summed E-state index contributed by atoms with van der Waals surface area (Å²) in [6.45, 7) is 2.08. The fraction of sp³-hybridized carbons (Fsp3) is 0.214. The molecular formula is C14H13N3O2. The van der Waals surface area contributed by atoms with Crippen LogP contribution in [0.3, 0.4) is 0 Å². The van der Waals surface area contributed by atoms with Gasteiger partial charge in [0.1, 0.15) is 5.56 Å². The van der Waals surface area contributed by atoms with Crippen LogP contribution in [0.5, 0.6) is 0 Å². The summed E-state index contributed by atoms with van der Waals surface area (Å²) < 4.78 is 4.96. The molecule has 0 spiro atoms. The van der Waals surface area contributed by atoms with Crippen molar-refractivity contribution in [2.24, 2.45) is 0 Å². The molecule has 1 aromatic heterocycles. The zero-order valence-corrected chi connectivity index (χ0v) is 10.5. The van der Waals surface area contributed by atoms with Crippen molar-refractivity contribution in [1.29, 1.82) is 5.26 Å². The first-order chi connectivity index (χ1) is 9.24. The van der Waals surface area contributed by atoms with Crippen LogP contribution in [-0.4, -0.2) is 22.8 Å². The van der Waals surface area contributed by atoms with E-state index in [1.807, 2.05) is 12.1 Å². The maximum absolute atomic E-state index is 11.7. The number of nitrogens with one attached hydrogen (secondary N) is 1. The van der Waals surface area contributed by atoms with Crippen molar-refractivity contribution in [2.75, 3.05) is 6.61 Å². The predicted molar refractivity (Wildman–Crippen MR) is 68.5 cm³/mol. The van der Waals surface area contributed by atoms with Gasteiger partial charge in [-0.3, -0.25) is 5.10 Å². The van der Waals surface area contributed by atoms with Crippen LogP contribution >= 0.6 is 0 Å². The van der Waals surface area contributed by atoms with Crippen LogP contribution in [-0.2, 0) is 11.2 Å². The highest BCUT2D eigenvalue weighted by Crippen LogP contribution is 2.14. The largest absolute Gasteiger partial charge is 0.462 e. The maximum Gasteiger partial charge on any atom is 0.341 e. The number of hydrogen-bond donors (Lipinski definition) is 1. The van der Waals surface area contributed by atoms with Gasteiger partial charge in [0.25, 0.3) is 0 Å². The number of ether oxygens (including phenoxy) is 1. The van der Waals surface area contributed by atoms with Crippen molar-refractivity contribution in [2.45, 2.75) is 13.3 Å². The molecule has 5 nitrogen and oxygen atoms in total. The van der Waals surface area contributed by atoms with Crippen molar-refractivity contribution in [3.8, 4) is 6.07 Å². The van der Waals surface area contributed by atoms with Crippen molar-refractivity contribution in [3.63, 3.8) is 0 Å². The van der Waals surface area contributed by atoms with E-state index in [4.69, 9.17) is 10.00 Å². The second-order valence-corrected chi connectivity index (χ2v) is 3.97. The Morgan fingerprint density at radius 1 is 1.53 bits per heavy atom. The van der Waals surface area contributed by atoms with E-state index in [0.717, 1.165) is 5.56 Å². The standard InChI is InChI=1S/C14H13N3O2/c1-2-19-14(18)12-9-16-17-13(12)7-10-4-3-5-11(6-10)8-15/h3-6,9H,2,7H2,1H3,(H,16,17). The number of nitriles is 1. The van der Waals surface area contributed by atoms with Gasteiger partial charge in [-0.15, -0.1) is 0 Å². The molecule has 96 valence electrons. The van der Waals surface area contributed by atoms with Crippen molar-refractivity contribution in [1.82, 2.24) is 10.2 Å². The lowest BCUT2D eigenvalue weighted by Gasteiger charge is -2.03. The van der Waals surface area contributed by atoms with Gasteiger partial charge < -0.3 is 4.74 Å². The zero-order valence-electron chi connectivity index (χ0n) is 10.5. The highest BCUT2D eigenvalue weighted by molar-refractivity contribution is 5.90. The highest BCUT2D eigenvalue weighted by Gasteiger charge is 2.15. The van der Waals surface area contributed by atoms with Gasteiger partial charge in [0, 0.05) is 6.42 Å². The first-order valence-corrected chi connectivity index (χ1v) is 5.93. The van der Waals surface area contributed by atoms with Gasteiger partial charge in [0.05, 0.1) is 30.1 Å². The van der Waals surface area contributed by atoms with Gasteiger partial charge in [-0.25, -0.2) is 4.79 Å². The minimum atomic E-state index is -0.386. The number of benzene rings is 1. The van der Waals surface area contributed by atoms with E-state index in [-0.39, 0.29) is 5.97 Å². The van der Waals surface area contributed by atoms with Gasteiger partial charge >= 0.3 is 5.97 Å². The summed E-state index contributed by atoms with van der Waals surface area (Å²) in [5.74, 6) is -0.386. The molecule has 1 N–H and O–H groups in total. The smallest absolute Gasteiger partial charge is 0.341 e. The zero-order chi connectivity index (χ0) is 13.7. The Kier molecular flexibility index (Phi) is 3.94. The number of rotatable bonds is 4. The molecule has 19 heavy (non-hydrogen) atoms. The molecule has 5 heteroatoms. The molecule has 0 aliphatic heterocycles. The Morgan fingerprint density at radius 2 is 2.37 bits per heavy atom. The van der Waals surface area contributed by atoms with E-state index in [2.05, 4.69) is 16.3 Å². The lowest BCUT2D eigenvalue weighted by molar-refractivity contribution is 0.0525. The molecule has 0 saturated heterocycles. The summed E-state index contributed by atoms with van der Waals surface area (Å²) in [6.07, 6.45) is 1.96. The Morgan fingerprint density at radius 3 is 3.11 bits per heavy atom. The summed E-state index contributed by atoms with van der Waals surface area (Å²) in [5, 5.41) is 15.5. The van der Waals surface area contributed by atoms with Crippen LogP contribution in [0, 0.1) is 11.3 Å². The molecule has 0 fully saturated rings. The van der Waals surface area contributed by atoms with Crippen LogP contribution in [0.25, 0.3) is 0 Å². The van der Waals surface area contributed by atoms with E-state index >= 15 is 0 Å². The number of carbonyl (C=O) groups excluding carboxylic acids is 1. The first kappa shape index (κ1) is 12.8. The third-order valence-electron chi connectivity index (χ3n) is 2.65. The summed E-state index contributed by atoms with van der Waals surface area (Å²) in [6, 6.07) is 9.33. The van der Waals surface area contributed by atoms with Crippen molar-refractivity contribution >= 4 is 5.97 Å². The number of esters is 1. The average Bonchev–Trinajstić information content (AvgIpc) is 2.87. The second-order valence-electron chi connectivity index (χ2n) is 3.97. The molecule has 0 unspecified atom stereocenters. The van der Waals surface area contributed by atoms with E-state index < -0.39 is 0 Å². The topological polar surface area (TPSA) is 78.8 Å². The van der Waals surface area contributed by atoms with Gasteiger partial charge in [0.15, 0.2) is 0 Å². The fourth-order valence-electron chi connectivity index (χ4n) is 1.79. The third-order valence-corrected chi connectivity index (χ3v) is 2.65. The van der Waals surface area contributed by atoms with Gasteiger partial charge in [-0.05, 0) is 24.6 Å². The Bertz CT molecular complexity index is 626. The molecular weight excluding hydrogens is 242 g/mol. The lowest BCUT2D eigenvalue weighted by atomic mass is 10.0. The van der Waals surface area contributed by atoms with E-state index in [9.17, 15) is 4.79 Å². The fourth-order valence-corrected chi connectivity index (χ4v) is 1.79. The maximum atomic E-state index is 11.7. The Balaban J connectivity index is 2.22. The first-order valence-electron chi connectivity index (χ1n) is 5.93. The quantitative estimate of drug-likeness (QED) is 0.848. The van der Waals surface area contributed by atoms with Gasteiger partial charge in [-0.2, -0.15) is 10.4 Å². The number of carbonyl (C=O) groups is 1. The number of aromatic nitrogens is 2. The molecule has 2 aromatic rings. The van der Waals surface area contributed by atoms with Crippen LogP contribution in [0.2, 0.25) is 0 Å². The Hall–Kier alpha value is -2.61.